The standard InChI is InChI=1S/C13H20N2O3/c1-15(7-4-8-17-2)13(16)11-6-5-10(18-3)9-12(11)14/h5-6,9H,4,7-8,14H2,1-3H3. The van der Waals surface area contributed by atoms with E-state index < -0.39 is 0 Å². The Kier molecular flexibility index (Phi) is 5.45. The molecule has 5 heteroatoms. The highest BCUT2D eigenvalue weighted by Crippen LogP contribution is 2.20. The summed E-state index contributed by atoms with van der Waals surface area (Å²) >= 11 is 0. The van der Waals surface area contributed by atoms with Crippen LogP contribution in [0.25, 0.3) is 0 Å². The largest absolute Gasteiger partial charge is 0.497 e. The van der Waals surface area contributed by atoms with Crippen LogP contribution in [0.3, 0.4) is 0 Å². The Labute approximate surface area is 107 Å². The van der Waals surface area contributed by atoms with Crippen LogP contribution >= 0.6 is 0 Å². The molecule has 0 heterocycles. The molecule has 100 valence electrons. The number of benzene rings is 1. The van der Waals surface area contributed by atoms with E-state index in [4.69, 9.17) is 15.2 Å². The monoisotopic (exact) mass is 252 g/mol. The minimum atomic E-state index is -0.0914. The van der Waals surface area contributed by atoms with E-state index >= 15 is 0 Å². The molecule has 0 aromatic heterocycles. The molecular weight excluding hydrogens is 232 g/mol. The highest BCUT2D eigenvalue weighted by Gasteiger charge is 2.14. The van der Waals surface area contributed by atoms with Crippen molar-refractivity contribution in [1.82, 2.24) is 4.90 Å². The quantitative estimate of drug-likeness (QED) is 0.613. The van der Waals surface area contributed by atoms with Gasteiger partial charge in [0.1, 0.15) is 5.75 Å². The van der Waals surface area contributed by atoms with E-state index in [1.807, 2.05) is 0 Å². The molecule has 0 fully saturated rings. The van der Waals surface area contributed by atoms with Crippen LogP contribution < -0.4 is 10.5 Å². The van der Waals surface area contributed by atoms with Gasteiger partial charge in [0.05, 0.1) is 12.7 Å². The van der Waals surface area contributed by atoms with E-state index in [0.29, 0.717) is 30.2 Å². The molecule has 0 atom stereocenters. The predicted octanol–water partition coefficient (Wildman–Crippen LogP) is 1.39. The Morgan fingerprint density at radius 3 is 2.67 bits per heavy atom. The topological polar surface area (TPSA) is 64.8 Å². The summed E-state index contributed by atoms with van der Waals surface area (Å²) in [6, 6.07) is 5.06. The number of anilines is 1. The molecule has 0 bridgehead atoms. The molecule has 0 spiro atoms. The summed E-state index contributed by atoms with van der Waals surface area (Å²) < 4.78 is 10.0. The van der Waals surface area contributed by atoms with Crippen molar-refractivity contribution in [2.45, 2.75) is 6.42 Å². The molecule has 1 aromatic rings. The SMILES string of the molecule is COCCCN(C)C(=O)c1ccc(OC)cc1N. The minimum absolute atomic E-state index is 0.0914. The van der Waals surface area contributed by atoms with Gasteiger partial charge in [0.2, 0.25) is 0 Å². The van der Waals surface area contributed by atoms with Gasteiger partial charge < -0.3 is 20.1 Å². The zero-order chi connectivity index (χ0) is 13.5. The third-order valence-corrected chi connectivity index (χ3v) is 2.68. The Morgan fingerprint density at radius 1 is 1.39 bits per heavy atom. The van der Waals surface area contributed by atoms with Crippen molar-refractivity contribution in [3.63, 3.8) is 0 Å². The van der Waals surface area contributed by atoms with Crippen LogP contribution in [0.1, 0.15) is 16.8 Å². The Balaban J connectivity index is 2.71. The third kappa shape index (κ3) is 3.63. The van der Waals surface area contributed by atoms with Gasteiger partial charge in [0, 0.05) is 39.1 Å². The van der Waals surface area contributed by atoms with Gasteiger partial charge in [-0.25, -0.2) is 0 Å². The Hall–Kier alpha value is -1.75. The lowest BCUT2D eigenvalue weighted by atomic mass is 10.1. The minimum Gasteiger partial charge on any atom is -0.497 e. The first-order chi connectivity index (χ1) is 8.60. The second-order valence-electron chi connectivity index (χ2n) is 4.03. The highest BCUT2D eigenvalue weighted by atomic mass is 16.5. The van der Waals surface area contributed by atoms with Gasteiger partial charge in [0.25, 0.3) is 5.91 Å². The van der Waals surface area contributed by atoms with Gasteiger partial charge in [-0.3, -0.25) is 4.79 Å². The fraction of sp³-hybridized carbons (Fsp3) is 0.462. The van der Waals surface area contributed by atoms with Gasteiger partial charge >= 0.3 is 0 Å². The van der Waals surface area contributed by atoms with Crippen LogP contribution in [-0.2, 0) is 4.74 Å². The van der Waals surface area contributed by atoms with Crippen molar-refractivity contribution in [3.05, 3.63) is 23.8 Å². The number of nitrogens with zero attached hydrogens (tertiary/aromatic N) is 1. The van der Waals surface area contributed by atoms with E-state index in [1.165, 1.54) is 0 Å². The van der Waals surface area contributed by atoms with Crippen LogP contribution in [-0.4, -0.2) is 45.2 Å². The number of hydrogen-bond donors (Lipinski definition) is 1. The van der Waals surface area contributed by atoms with Crippen LogP contribution in [0, 0.1) is 0 Å². The van der Waals surface area contributed by atoms with E-state index in [-0.39, 0.29) is 5.91 Å². The van der Waals surface area contributed by atoms with Gasteiger partial charge in [-0.15, -0.1) is 0 Å². The van der Waals surface area contributed by atoms with Gasteiger partial charge in [-0.2, -0.15) is 0 Å². The maximum atomic E-state index is 12.1. The average molecular weight is 252 g/mol. The smallest absolute Gasteiger partial charge is 0.255 e. The Bertz CT molecular complexity index is 407. The molecule has 0 radical (unpaired) electrons. The molecule has 1 amide bonds. The molecule has 18 heavy (non-hydrogen) atoms. The first-order valence-electron chi connectivity index (χ1n) is 5.78. The van der Waals surface area contributed by atoms with Crippen molar-refractivity contribution < 1.29 is 14.3 Å². The normalized spacial score (nSPS) is 10.2. The number of ether oxygens (including phenoxy) is 2. The zero-order valence-electron chi connectivity index (χ0n) is 11.1. The summed E-state index contributed by atoms with van der Waals surface area (Å²) in [7, 11) is 4.96. The highest BCUT2D eigenvalue weighted by molar-refractivity contribution is 5.99. The van der Waals surface area contributed by atoms with Crippen LogP contribution in [0.5, 0.6) is 5.75 Å². The number of amides is 1. The van der Waals surface area contributed by atoms with Gasteiger partial charge in [0.15, 0.2) is 0 Å². The summed E-state index contributed by atoms with van der Waals surface area (Å²) in [5.74, 6) is 0.553. The summed E-state index contributed by atoms with van der Waals surface area (Å²) in [5, 5.41) is 0. The van der Waals surface area contributed by atoms with E-state index in [9.17, 15) is 4.79 Å². The number of nitrogens with two attached hydrogens (primary N) is 1. The van der Waals surface area contributed by atoms with Gasteiger partial charge in [-0.05, 0) is 18.6 Å². The number of methoxy groups -OCH3 is 2. The van der Waals surface area contributed by atoms with Crippen LogP contribution in [0.2, 0.25) is 0 Å². The molecule has 0 aliphatic carbocycles. The number of nitrogen functional groups attached to an aromatic ring is 1. The number of carbonyl (C=O) groups excluding carboxylic acids is 1. The summed E-state index contributed by atoms with van der Waals surface area (Å²) in [6.45, 7) is 1.27. The second kappa shape index (κ2) is 6.86. The average Bonchev–Trinajstić information content (AvgIpc) is 2.38. The fourth-order valence-corrected chi connectivity index (χ4v) is 1.62. The first-order valence-corrected chi connectivity index (χ1v) is 5.78. The second-order valence-corrected chi connectivity index (χ2v) is 4.03. The molecular formula is C13H20N2O3. The molecule has 2 N–H and O–H groups in total. The lowest BCUT2D eigenvalue weighted by Gasteiger charge is -2.18. The molecule has 0 saturated carbocycles. The zero-order valence-corrected chi connectivity index (χ0v) is 11.1. The van der Waals surface area contributed by atoms with Crippen molar-refractivity contribution in [3.8, 4) is 5.75 Å². The molecule has 0 aliphatic heterocycles. The molecule has 0 unspecified atom stereocenters. The lowest BCUT2D eigenvalue weighted by molar-refractivity contribution is 0.0780. The number of carbonyl (C=O) groups is 1. The maximum absolute atomic E-state index is 12.1. The van der Waals surface area contributed by atoms with Crippen molar-refractivity contribution in [1.29, 1.82) is 0 Å². The molecule has 1 rings (SSSR count). The summed E-state index contributed by atoms with van der Waals surface area (Å²) in [5.41, 5.74) is 6.76. The summed E-state index contributed by atoms with van der Waals surface area (Å²) in [4.78, 5) is 13.8. The number of hydrogen-bond acceptors (Lipinski definition) is 4. The van der Waals surface area contributed by atoms with E-state index in [1.54, 1.807) is 44.4 Å². The lowest BCUT2D eigenvalue weighted by Crippen LogP contribution is -2.29. The molecule has 5 nitrogen and oxygen atoms in total. The van der Waals surface area contributed by atoms with Crippen molar-refractivity contribution >= 4 is 11.6 Å². The molecule has 0 saturated heterocycles. The predicted molar refractivity (Wildman–Crippen MR) is 70.9 cm³/mol. The summed E-state index contributed by atoms with van der Waals surface area (Å²) in [6.07, 6.45) is 0.800. The fourth-order valence-electron chi connectivity index (χ4n) is 1.62. The van der Waals surface area contributed by atoms with Crippen LogP contribution in [0.4, 0.5) is 5.69 Å². The van der Waals surface area contributed by atoms with E-state index in [2.05, 4.69) is 0 Å². The first kappa shape index (κ1) is 14.3. The molecule has 1 aromatic carbocycles. The van der Waals surface area contributed by atoms with E-state index in [0.717, 1.165) is 6.42 Å². The van der Waals surface area contributed by atoms with Crippen molar-refractivity contribution in [2.24, 2.45) is 0 Å². The van der Waals surface area contributed by atoms with Gasteiger partial charge in [-0.1, -0.05) is 0 Å². The van der Waals surface area contributed by atoms with Crippen molar-refractivity contribution in [2.75, 3.05) is 40.2 Å². The third-order valence-electron chi connectivity index (χ3n) is 2.68. The molecule has 0 aliphatic rings. The van der Waals surface area contributed by atoms with Crippen LogP contribution in [0.15, 0.2) is 18.2 Å². The maximum Gasteiger partial charge on any atom is 0.255 e. The Morgan fingerprint density at radius 2 is 2.11 bits per heavy atom. The number of rotatable bonds is 6.